The molecule has 0 radical (unpaired) electrons. The normalized spacial score (nSPS) is 11.3. The molecule has 74 valence electrons. The summed E-state index contributed by atoms with van der Waals surface area (Å²) in [6.45, 7) is 0. The molecule has 0 fully saturated rings. The molecule has 1 N–H and O–H groups in total. The van der Waals surface area contributed by atoms with Crippen LogP contribution in [0.4, 0.5) is 0 Å². The molecular formula is C7H4NNaO5S. The predicted molar refractivity (Wildman–Crippen MR) is 44.8 cm³/mol. The van der Waals surface area contributed by atoms with Crippen LogP contribution in [-0.2, 0) is 10.1 Å². The van der Waals surface area contributed by atoms with Gasteiger partial charge in [0.2, 0.25) is 0 Å². The Balaban J connectivity index is 0.00000112. The van der Waals surface area contributed by atoms with Crippen LogP contribution in [0.2, 0.25) is 0 Å². The van der Waals surface area contributed by atoms with E-state index in [1.54, 1.807) is 0 Å². The first-order valence-electron chi connectivity index (χ1n) is 3.55. The van der Waals surface area contributed by atoms with Gasteiger partial charge < -0.3 is 8.97 Å². The summed E-state index contributed by atoms with van der Waals surface area (Å²) in [6, 6.07) is 3.41. The second-order valence-electron chi connectivity index (χ2n) is 2.63. The molecule has 1 aromatic heterocycles. The monoisotopic (exact) mass is 237 g/mol. The molecule has 0 bridgehead atoms. The number of benzene rings is 1. The van der Waals surface area contributed by atoms with Gasteiger partial charge in [0, 0.05) is 6.07 Å². The molecule has 0 unspecified atom stereocenters. The number of hydrogen-bond acceptors (Lipinski definition) is 5. The van der Waals surface area contributed by atoms with Crippen molar-refractivity contribution in [3.8, 4) is 0 Å². The van der Waals surface area contributed by atoms with Gasteiger partial charge in [-0.3, -0.25) is 4.98 Å². The van der Waals surface area contributed by atoms with E-state index in [1.807, 2.05) is 0 Å². The van der Waals surface area contributed by atoms with E-state index in [-0.39, 0.29) is 35.1 Å². The standard InChI is InChI=1S/C7H5NO5S.Na/c9-7-8-5-2-1-4(14(10,11)12)3-6(5)13-7;/h1-3H,(H,8,9)(H,10,11,12);/q;+1/p-1. The largest absolute Gasteiger partial charge is 1.00 e. The topological polar surface area (TPSA) is 103 Å². The summed E-state index contributed by atoms with van der Waals surface area (Å²) in [6.07, 6.45) is 0. The Morgan fingerprint density at radius 3 is 2.60 bits per heavy atom. The zero-order valence-corrected chi connectivity index (χ0v) is 10.5. The van der Waals surface area contributed by atoms with Crippen molar-refractivity contribution in [3.05, 3.63) is 28.7 Å². The van der Waals surface area contributed by atoms with Crippen LogP contribution in [0.25, 0.3) is 11.1 Å². The first-order valence-corrected chi connectivity index (χ1v) is 4.96. The van der Waals surface area contributed by atoms with E-state index in [0.29, 0.717) is 5.52 Å². The Kier molecular flexibility index (Phi) is 3.41. The minimum absolute atomic E-state index is 0. The van der Waals surface area contributed by atoms with Gasteiger partial charge in [0.1, 0.15) is 10.1 Å². The summed E-state index contributed by atoms with van der Waals surface area (Å²) in [5, 5.41) is 0. The van der Waals surface area contributed by atoms with Crippen molar-refractivity contribution in [1.29, 1.82) is 0 Å². The van der Waals surface area contributed by atoms with Crippen LogP contribution in [0.5, 0.6) is 0 Å². The van der Waals surface area contributed by atoms with Gasteiger partial charge >= 0.3 is 35.3 Å². The van der Waals surface area contributed by atoms with E-state index < -0.39 is 20.8 Å². The SMILES string of the molecule is O=c1[nH]c2ccc(S(=O)(=O)[O-])cc2o1.[Na+]. The quantitative estimate of drug-likeness (QED) is 0.421. The van der Waals surface area contributed by atoms with Gasteiger partial charge in [0.25, 0.3) is 0 Å². The van der Waals surface area contributed by atoms with Gasteiger partial charge in [0.15, 0.2) is 5.58 Å². The molecule has 0 spiro atoms. The Morgan fingerprint density at radius 1 is 1.33 bits per heavy atom. The van der Waals surface area contributed by atoms with Crippen LogP contribution in [0.1, 0.15) is 0 Å². The van der Waals surface area contributed by atoms with Gasteiger partial charge in [-0.25, -0.2) is 13.2 Å². The van der Waals surface area contributed by atoms with E-state index in [0.717, 1.165) is 12.1 Å². The van der Waals surface area contributed by atoms with Crippen molar-refractivity contribution in [2.45, 2.75) is 4.90 Å². The van der Waals surface area contributed by atoms with Gasteiger partial charge in [0.05, 0.1) is 10.4 Å². The molecule has 0 amide bonds. The number of fused-ring (bicyclic) bond motifs is 1. The molecule has 15 heavy (non-hydrogen) atoms. The maximum atomic E-state index is 10.7. The third-order valence-electron chi connectivity index (χ3n) is 1.68. The van der Waals surface area contributed by atoms with E-state index in [9.17, 15) is 17.8 Å². The molecule has 0 atom stereocenters. The molecule has 0 saturated heterocycles. The molecule has 0 aliphatic carbocycles. The van der Waals surface area contributed by atoms with E-state index >= 15 is 0 Å². The number of H-pyrrole nitrogens is 1. The fourth-order valence-corrected chi connectivity index (χ4v) is 1.57. The Bertz CT molecular complexity index is 641. The van der Waals surface area contributed by atoms with Crippen molar-refractivity contribution in [3.63, 3.8) is 0 Å². The number of rotatable bonds is 1. The molecule has 2 aromatic rings. The fraction of sp³-hybridized carbons (Fsp3) is 0. The predicted octanol–water partition coefficient (Wildman–Crippen LogP) is -2.97. The van der Waals surface area contributed by atoms with Crippen molar-refractivity contribution in [1.82, 2.24) is 4.98 Å². The van der Waals surface area contributed by atoms with E-state index in [1.165, 1.54) is 6.07 Å². The molecule has 8 heteroatoms. The van der Waals surface area contributed by atoms with Gasteiger partial charge in [-0.1, -0.05) is 0 Å². The van der Waals surface area contributed by atoms with Crippen molar-refractivity contribution < 1.29 is 46.9 Å². The van der Waals surface area contributed by atoms with Crippen LogP contribution >= 0.6 is 0 Å². The second kappa shape index (κ2) is 4.11. The van der Waals surface area contributed by atoms with Crippen LogP contribution in [0, 0.1) is 0 Å². The van der Waals surface area contributed by atoms with Crippen LogP contribution in [-0.4, -0.2) is 18.0 Å². The third kappa shape index (κ3) is 2.50. The van der Waals surface area contributed by atoms with Gasteiger partial charge in [-0.15, -0.1) is 0 Å². The summed E-state index contributed by atoms with van der Waals surface area (Å²) in [5.41, 5.74) is 0.398. The van der Waals surface area contributed by atoms with Gasteiger partial charge in [-0.05, 0) is 12.1 Å². The molecule has 1 aromatic carbocycles. The van der Waals surface area contributed by atoms with Crippen molar-refractivity contribution in [2.75, 3.05) is 0 Å². The molecule has 0 aliphatic heterocycles. The average molecular weight is 237 g/mol. The van der Waals surface area contributed by atoms with Crippen molar-refractivity contribution >= 4 is 21.2 Å². The number of hydrogen-bond donors (Lipinski definition) is 1. The maximum absolute atomic E-state index is 10.7. The van der Waals surface area contributed by atoms with Crippen molar-refractivity contribution in [2.24, 2.45) is 0 Å². The summed E-state index contributed by atoms with van der Waals surface area (Å²) >= 11 is 0. The van der Waals surface area contributed by atoms with Crippen LogP contribution < -0.4 is 35.3 Å². The van der Waals surface area contributed by atoms with E-state index in [4.69, 9.17) is 0 Å². The zero-order valence-electron chi connectivity index (χ0n) is 7.68. The minimum atomic E-state index is -4.51. The molecule has 2 rings (SSSR count). The Morgan fingerprint density at radius 2 is 2.00 bits per heavy atom. The Hall–Kier alpha value is -0.600. The number of aromatic amines is 1. The molecule has 6 nitrogen and oxygen atoms in total. The fourth-order valence-electron chi connectivity index (χ4n) is 1.08. The van der Waals surface area contributed by atoms with E-state index in [2.05, 4.69) is 9.40 Å². The smallest absolute Gasteiger partial charge is 0.744 e. The molecule has 1 heterocycles. The summed E-state index contributed by atoms with van der Waals surface area (Å²) < 4.78 is 36.4. The Labute approximate surface area is 106 Å². The molecule has 0 aliphatic rings. The summed E-state index contributed by atoms with van der Waals surface area (Å²) in [4.78, 5) is 12.6. The molecule has 0 saturated carbocycles. The number of aromatic nitrogens is 1. The first kappa shape index (κ1) is 12.5. The van der Waals surface area contributed by atoms with Crippen LogP contribution in [0.15, 0.2) is 32.3 Å². The number of nitrogens with one attached hydrogen (secondary N) is 1. The number of oxazole rings is 1. The first-order chi connectivity index (χ1) is 6.47. The average Bonchev–Trinajstić information content (AvgIpc) is 2.41. The zero-order chi connectivity index (χ0) is 10.3. The summed E-state index contributed by atoms with van der Waals surface area (Å²) in [5.74, 6) is -0.694. The maximum Gasteiger partial charge on any atom is 1.00 e. The van der Waals surface area contributed by atoms with Gasteiger partial charge in [-0.2, -0.15) is 0 Å². The minimum Gasteiger partial charge on any atom is -0.744 e. The van der Waals surface area contributed by atoms with Crippen LogP contribution in [0.3, 0.4) is 0 Å². The second-order valence-corrected chi connectivity index (χ2v) is 4.01. The summed E-state index contributed by atoms with van der Waals surface area (Å²) in [7, 11) is -4.51. The molecular weight excluding hydrogens is 233 g/mol. The third-order valence-corrected chi connectivity index (χ3v) is 2.51.